The Labute approximate surface area is 103 Å². The lowest BCUT2D eigenvalue weighted by Gasteiger charge is -2.52. The van der Waals surface area contributed by atoms with Crippen LogP contribution in [0.15, 0.2) is 0 Å². The highest BCUT2D eigenvalue weighted by Gasteiger charge is 2.81. The van der Waals surface area contributed by atoms with Gasteiger partial charge in [-0.1, -0.05) is 27.2 Å². The highest BCUT2D eigenvalue weighted by atomic mass is 32.2. The summed E-state index contributed by atoms with van der Waals surface area (Å²) in [7, 11) is -4.03. The Morgan fingerprint density at radius 1 is 1.29 bits per heavy atom. The smallest absolute Gasteiger partial charge is 0.265 e. The summed E-state index contributed by atoms with van der Waals surface area (Å²) in [6.07, 6.45) is 2.66. The second-order valence-electron chi connectivity index (χ2n) is 6.32. The summed E-state index contributed by atoms with van der Waals surface area (Å²) in [5.74, 6) is 0.161. The molecular formula is C12H22O4S. The molecule has 2 saturated carbocycles. The molecule has 2 rings (SSSR count). The number of rotatable bonds is 4. The molecule has 4 nitrogen and oxygen atoms in total. The molecule has 0 aromatic heterocycles. The van der Waals surface area contributed by atoms with E-state index in [0.29, 0.717) is 12.3 Å². The zero-order valence-corrected chi connectivity index (χ0v) is 11.5. The molecule has 1 spiro atoms. The molecule has 0 aliphatic heterocycles. The van der Waals surface area contributed by atoms with Crippen LogP contribution in [-0.4, -0.2) is 30.4 Å². The Morgan fingerprint density at radius 3 is 2.12 bits per heavy atom. The predicted octanol–water partition coefficient (Wildman–Crippen LogP) is 1.70. The first kappa shape index (κ1) is 13.3. The Kier molecular flexibility index (Phi) is 2.70. The van der Waals surface area contributed by atoms with Gasteiger partial charge in [0.25, 0.3) is 10.1 Å². The lowest BCUT2D eigenvalue weighted by Crippen LogP contribution is -2.52. The van der Waals surface area contributed by atoms with Crippen molar-refractivity contribution in [1.29, 1.82) is 0 Å². The third-order valence-electron chi connectivity index (χ3n) is 5.65. The van der Waals surface area contributed by atoms with E-state index in [-0.39, 0.29) is 23.2 Å². The summed E-state index contributed by atoms with van der Waals surface area (Å²) in [4.78, 5) is 0. The van der Waals surface area contributed by atoms with Crippen molar-refractivity contribution in [3.05, 3.63) is 0 Å². The summed E-state index contributed by atoms with van der Waals surface area (Å²) < 4.78 is 31.4. The molecule has 2 fully saturated rings. The fraction of sp³-hybridized carbons (Fsp3) is 1.00. The molecule has 0 aromatic rings. The van der Waals surface area contributed by atoms with E-state index in [9.17, 15) is 13.5 Å². The van der Waals surface area contributed by atoms with Gasteiger partial charge in [0.05, 0.1) is 12.4 Å². The third-order valence-corrected chi connectivity index (χ3v) is 6.56. The Balaban J connectivity index is 2.33. The van der Waals surface area contributed by atoms with Crippen LogP contribution in [0.2, 0.25) is 0 Å². The topological polar surface area (TPSA) is 74.6 Å². The fourth-order valence-electron chi connectivity index (χ4n) is 4.94. The zero-order chi connectivity index (χ0) is 13.1. The minimum atomic E-state index is -4.03. The van der Waals surface area contributed by atoms with Gasteiger partial charge < -0.3 is 5.11 Å². The van der Waals surface area contributed by atoms with Crippen molar-refractivity contribution in [2.75, 3.05) is 12.4 Å². The minimum absolute atomic E-state index is 0.0768. The second kappa shape index (κ2) is 3.45. The third kappa shape index (κ3) is 1.45. The molecule has 0 bridgehead atoms. The zero-order valence-electron chi connectivity index (χ0n) is 10.7. The van der Waals surface area contributed by atoms with Gasteiger partial charge in [-0.2, -0.15) is 8.42 Å². The van der Waals surface area contributed by atoms with Gasteiger partial charge in [-0.15, -0.1) is 0 Å². The molecule has 0 aromatic carbocycles. The highest BCUT2D eigenvalue weighted by molar-refractivity contribution is 7.85. The molecule has 2 aliphatic carbocycles. The average molecular weight is 262 g/mol. The molecule has 5 heteroatoms. The molecule has 17 heavy (non-hydrogen) atoms. The summed E-state index contributed by atoms with van der Waals surface area (Å²) in [5.41, 5.74) is -0.627. The van der Waals surface area contributed by atoms with E-state index in [1.54, 1.807) is 0 Å². The van der Waals surface area contributed by atoms with Gasteiger partial charge in [-0.25, -0.2) is 0 Å². The summed E-state index contributed by atoms with van der Waals surface area (Å²) in [6, 6.07) is 0. The van der Waals surface area contributed by atoms with Crippen LogP contribution in [0.25, 0.3) is 0 Å². The largest absolute Gasteiger partial charge is 0.396 e. The van der Waals surface area contributed by atoms with E-state index >= 15 is 0 Å². The number of aliphatic hydroxyl groups is 1. The average Bonchev–Trinajstić information content (AvgIpc) is 2.71. The van der Waals surface area contributed by atoms with E-state index in [2.05, 4.69) is 20.8 Å². The molecule has 2 aliphatic rings. The lowest BCUT2D eigenvalue weighted by atomic mass is 9.55. The molecule has 0 heterocycles. The predicted molar refractivity (Wildman–Crippen MR) is 65.2 cm³/mol. The van der Waals surface area contributed by atoms with Crippen LogP contribution < -0.4 is 0 Å². The van der Waals surface area contributed by atoms with Gasteiger partial charge in [0.2, 0.25) is 0 Å². The first-order valence-corrected chi connectivity index (χ1v) is 7.84. The first-order chi connectivity index (χ1) is 7.67. The van der Waals surface area contributed by atoms with Gasteiger partial charge in [-0.05, 0) is 29.6 Å². The van der Waals surface area contributed by atoms with Crippen molar-refractivity contribution in [1.82, 2.24) is 0 Å². The van der Waals surface area contributed by atoms with Crippen molar-refractivity contribution in [3.8, 4) is 0 Å². The van der Waals surface area contributed by atoms with Crippen LogP contribution in [0.1, 0.15) is 40.0 Å². The molecule has 3 unspecified atom stereocenters. The summed E-state index contributed by atoms with van der Waals surface area (Å²) in [5, 5.41) is 9.65. The van der Waals surface area contributed by atoms with Crippen LogP contribution in [0.4, 0.5) is 0 Å². The molecule has 100 valence electrons. The molecule has 0 amide bonds. The molecule has 2 N–H and O–H groups in total. The van der Waals surface area contributed by atoms with Crippen molar-refractivity contribution in [2.24, 2.45) is 22.2 Å². The van der Waals surface area contributed by atoms with E-state index in [1.807, 2.05) is 0 Å². The standard InChI is InChI=1S/C12H22O4S/c1-4-9-10(2,3)12(9)6-5-11(12,7-13)8-17(14,15)16/h9,13H,4-8H2,1-3H3,(H,14,15,16). The Hall–Kier alpha value is -0.130. The molecule has 0 saturated heterocycles. The minimum Gasteiger partial charge on any atom is -0.396 e. The van der Waals surface area contributed by atoms with Crippen LogP contribution in [0.3, 0.4) is 0 Å². The van der Waals surface area contributed by atoms with Crippen LogP contribution >= 0.6 is 0 Å². The maximum atomic E-state index is 11.2. The van der Waals surface area contributed by atoms with E-state index in [4.69, 9.17) is 4.55 Å². The van der Waals surface area contributed by atoms with Gasteiger partial charge in [0, 0.05) is 5.41 Å². The summed E-state index contributed by atoms with van der Waals surface area (Å²) >= 11 is 0. The molecular weight excluding hydrogens is 240 g/mol. The van der Waals surface area contributed by atoms with Crippen LogP contribution in [0, 0.1) is 22.2 Å². The maximum Gasteiger partial charge on any atom is 0.265 e. The number of hydrogen-bond acceptors (Lipinski definition) is 3. The SMILES string of the molecule is CCC1C(C)(C)C12CCC2(CO)CS(=O)(=O)O. The van der Waals surface area contributed by atoms with Crippen molar-refractivity contribution < 1.29 is 18.1 Å². The van der Waals surface area contributed by atoms with Gasteiger partial charge in [0.15, 0.2) is 0 Å². The molecule has 0 radical (unpaired) electrons. The van der Waals surface area contributed by atoms with E-state index in [1.165, 1.54) is 0 Å². The van der Waals surface area contributed by atoms with Gasteiger partial charge in [-0.3, -0.25) is 4.55 Å². The second-order valence-corrected chi connectivity index (χ2v) is 7.77. The molecule has 3 atom stereocenters. The summed E-state index contributed by atoms with van der Waals surface area (Å²) in [6.45, 7) is 6.26. The van der Waals surface area contributed by atoms with Gasteiger partial charge >= 0.3 is 0 Å². The van der Waals surface area contributed by atoms with Gasteiger partial charge in [0.1, 0.15) is 0 Å². The van der Waals surface area contributed by atoms with Crippen molar-refractivity contribution in [2.45, 2.75) is 40.0 Å². The lowest BCUT2D eigenvalue weighted by molar-refractivity contribution is -0.0562. The van der Waals surface area contributed by atoms with Crippen molar-refractivity contribution >= 4 is 10.1 Å². The fourth-order valence-corrected chi connectivity index (χ4v) is 6.13. The first-order valence-electron chi connectivity index (χ1n) is 6.23. The van der Waals surface area contributed by atoms with E-state index < -0.39 is 15.5 Å². The Morgan fingerprint density at radius 2 is 1.88 bits per heavy atom. The van der Waals surface area contributed by atoms with Crippen LogP contribution in [-0.2, 0) is 10.1 Å². The van der Waals surface area contributed by atoms with E-state index in [0.717, 1.165) is 12.8 Å². The highest BCUT2D eigenvalue weighted by Crippen LogP contribution is 2.85. The Bertz CT molecular complexity index is 424. The maximum absolute atomic E-state index is 11.2. The van der Waals surface area contributed by atoms with Crippen LogP contribution in [0.5, 0.6) is 0 Å². The van der Waals surface area contributed by atoms with Crippen molar-refractivity contribution in [3.63, 3.8) is 0 Å². The normalized spacial score (nSPS) is 43.5. The monoisotopic (exact) mass is 262 g/mol. The number of aliphatic hydroxyl groups excluding tert-OH is 1. The number of hydrogen-bond donors (Lipinski definition) is 2. The quantitative estimate of drug-likeness (QED) is 0.756.